The quantitative estimate of drug-likeness (QED) is 0.577. The standard InChI is InChI=1S/C19H18N6O/c26-19-15-12-21-16-10-14(24-8-6-20-7-9-24)11-22-18(16)17(15)23-25(19)13-4-2-1-3-5-13/h1-5,10-12,20,23H,6-9H2. The van der Waals surface area contributed by atoms with Crippen LogP contribution in [0, 0.1) is 0 Å². The molecule has 1 fully saturated rings. The Balaban J connectivity index is 1.67. The summed E-state index contributed by atoms with van der Waals surface area (Å²) in [7, 11) is 0. The van der Waals surface area contributed by atoms with Crippen molar-refractivity contribution in [3.63, 3.8) is 0 Å². The van der Waals surface area contributed by atoms with E-state index in [4.69, 9.17) is 0 Å². The number of nitrogens with zero attached hydrogens (tertiary/aromatic N) is 4. The Hall–Kier alpha value is -3.19. The number of hydrogen-bond donors (Lipinski definition) is 2. The van der Waals surface area contributed by atoms with Crippen LogP contribution < -0.4 is 15.8 Å². The molecule has 1 aliphatic rings. The van der Waals surface area contributed by atoms with Gasteiger partial charge in [-0.25, -0.2) is 4.68 Å². The molecule has 7 heteroatoms. The zero-order chi connectivity index (χ0) is 17.5. The molecule has 3 aromatic heterocycles. The van der Waals surface area contributed by atoms with Gasteiger partial charge in [-0.05, 0) is 18.2 Å². The number of nitrogens with one attached hydrogen (secondary N) is 2. The lowest BCUT2D eigenvalue weighted by molar-refractivity contribution is 0.589. The van der Waals surface area contributed by atoms with Crippen LogP contribution in [0.25, 0.3) is 27.6 Å². The second-order valence-electron chi connectivity index (χ2n) is 6.43. The number of benzene rings is 1. The van der Waals surface area contributed by atoms with Gasteiger partial charge in [-0.1, -0.05) is 18.2 Å². The average Bonchev–Trinajstić information content (AvgIpc) is 3.06. The Labute approximate surface area is 149 Å². The van der Waals surface area contributed by atoms with Crippen molar-refractivity contribution in [1.82, 2.24) is 25.1 Å². The monoisotopic (exact) mass is 346 g/mol. The number of hydrogen-bond acceptors (Lipinski definition) is 5. The zero-order valence-corrected chi connectivity index (χ0v) is 14.1. The first-order valence-electron chi connectivity index (χ1n) is 8.72. The molecular weight excluding hydrogens is 328 g/mol. The maximum absolute atomic E-state index is 12.7. The lowest BCUT2D eigenvalue weighted by Gasteiger charge is -2.29. The van der Waals surface area contributed by atoms with Crippen LogP contribution >= 0.6 is 0 Å². The molecule has 0 saturated carbocycles. The van der Waals surface area contributed by atoms with Crippen LogP contribution in [0.3, 0.4) is 0 Å². The molecule has 7 nitrogen and oxygen atoms in total. The summed E-state index contributed by atoms with van der Waals surface area (Å²) >= 11 is 0. The summed E-state index contributed by atoms with van der Waals surface area (Å²) in [6, 6.07) is 11.6. The smallest absolute Gasteiger partial charge is 0.280 e. The number of fused-ring (bicyclic) bond motifs is 3. The van der Waals surface area contributed by atoms with Crippen molar-refractivity contribution in [2.75, 3.05) is 31.1 Å². The van der Waals surface area contributed by atoms with Gasteiger partial charge in [0, 0.05) is 32.4 Å². The van der Waals surface area contributed by atoms with Gasteiger partial charge in [0.15, 0.2) is 0 Å². The van der Waals surface area contributed by atoms with E-state index in [0.29, 0.717) is 10.9 Å². The molecule has 1 aliphatic heterocycles. The molecule has 4 aromatic rings. The van der Waals surface area contributed by atoms with E-state index in [1.54, 1.807) is 6.20 Å². The van der Waals surface area contributed by atoms with Crippen molar-refractivity contribution in [2.45, 2.75) is 0 Å². The first kappa shape index (κ1) is 15.1. The predicted molar refractivity (Wildman–Crippen MR) is 102 cm³/mol. The van der Waals surface area contributed by atoms with E-state index < -0.39 is 0 Å². The second kappa shape index (κ2) is 5.96. The average molecular weight is 346 g/mol. The number of H-pyrrole nitrogens is 1. The first-order valence-corrected chi connectivity index (χ1v) is 8.72. The number of aromatic nitrogens is 4. The summed E-state index contributed by atoms with van der Waals surface area (Å²) in [6.07, 6.45) is 3.51. The van der Waals surface area contributed by atoms with Crippen molar-refractivity contribution >= 4 is 27.6 Å². The van der Waals surface area contributed by atoms with Crippen molar-refractivity contribution in [3.05, 3.63) is 59.1 Å². The molecule has 0 unspecified atom stereocenters. The van der Waals surface area contributed by atoms with Crippen molar-refractivity contribution < 1.29 is 0 Å². The minimum absolute atomic E-state index is 0.117. The van der Waals surface area contributed by atoms with Gasteiger partial charge in [0.25, 0.3) is 5.56 Å². The van der Waals surface area contributed by atoms with Gasteiger partial charge >= 0.3 is 0 Å². The Morgan fingerprint density at radius 3 is 2.58 bits per heavy atom. The topological polar surface area (TPSA) is 78.8 Å². The third-order valence-electron chi connectivity index (χ3n) is 4.85. The Kier molecular flexibility index (Phi) is 3.46. The fourth-order valence-electron chi connectivity index (χ4n) is 3.47. The molecule has 0 aliphatic carbocycles. The van der Waals surface area contributed by atoms with E-state index in [-0.39, 0.29) is 5.56 Å². The molecule has 5 rings (SSSR count). The lowest BCUT2D eigenvalue weighted by Crippen LogP contribution is -2.43. The maximum atomic E-state index is 12.7. The molecule has 0 amide bonds. The summed E-state index contributed by atoms with van der Waals surface area (Å²) in [5.41, 5.74) is 3.96. The van der Waals surface area contributed by atoms with Crippen LogP contribution in [0.1, 0.15) is 0 Å². The van der Waals surface area contributed by atoms with E-state index in [9.17, 15) is 4.79 Å². The van der Waals surface area contributed by atoms with E-state index in [1.807, 2.05) is 42.6 Å². The first-order chi connectivity index (χ1) is 12.8. The van der Waals surface area contributed by atoms with Crippen LogP contribution in [0.15, 0.2) is 53.6 Å². The molecular formula is C19H18N6O. The highest BCUT2D eigenvalue weighted by Gasteiger charge is 2.15. The van der Waals surface area contributed by atoms with Crippen molar-refractivity contribution in [1.29, 1.82) is 0 Å². The minimum atomic E-state index is -0.117. The molecule has 130 valence electrons. The summed E-state index contributed by atoms with van der Waals surface area (Å²) in [6.45, 7) is 3.85. The normalized spacial score (nSPS) is 15.0. The molecule has 1 saturated heterocycles. The molecule has 0 radical (unpaired) electrons. The molecule has 1 aromatic carbocycles. The lowest BCUT2D eigenvalue weighted by atomic mass is 10.2. The van der Waals surface area contributed by atoms with Gasteiger partial charge in [0.2, 0.25) is 0 Å². The number of aromatic amines is 1. The van der Waals surface area contributed by atoms with E-state index >= 15 is 0 Å². The summed E-state index contributed by atoms with van der Waals surface area (Å²) in [4.78, 5) is 24.2. The third kappa shape index (κ3) is 2.36. The number of rotatable bonds is 2. The number of piperazine rings is 1. The van der Waals surface area contributed by atoms with Gasteiger partial charge in [-0.3, -0.25) is 19.9 Å². The summed E-state index contributed by atoms with van der Waals surface area (Å²) < 4.78 is 1.54. The van der Waals surface area contributed by atoms with Gasteiger partial charge in [-0.15, -0.1) is 0 Å². The van der Waals surface area contributed by atoms with Crippen LogP contribution in [0.4, 0.5) is 5.69 Å². The summed E-state index contributed by atoms with van der Waals surface area (Å²) in [5, 5.41) is 7.10. The third-order valence-corrected chi connectivity index (χ3v) is 4.85. The van der Waals surface area contributed by atoms with Gasteiger partial charge in [0.05, 0.1) is 34.0 Å². The predicted octanol–water partition coefficient (Wildman–Crippen LogP) is 1.67. The van der Waals surface area contributed by atoms with Crippen LogP contribution in [-0.4, -0.2) is 45.9 Å². The second-order valence-corrected chi connectivity index (χ2v) is 6.43. The highest BCUT2D eigenvalue weighted by Crippen LogP contribution is 2.23. The molecule has 0 spiro atoms. The molecule has 0 bridgehead atoms. The summed E-state index contributed by atoms with van der Waals surface area (Å²) in [5.74, 6) is 0. The highest BCUT2D eigenvalue weighted by atomic mass is 16.1. The zero-order valence-electron chi connectivity index (χ0n) is 14.1. The van der Waals surface area contributed by atoms with Crippen LogP contribution in [0.5, 0.6) is 0 Å². The largest absolute Gasteiger partial charge is 0.368 e. The Morgan fingerprint density at radius 1 is 0.962 bits per heavy atom. The molecule has 2 N–H and O–H groups in total. The van der Waals surface area contributed by atoms with Gasteiger partial charge in [0.1, 0.15) is 5.52 Å². The fourth-order valence-corrected chi connectivity index (χ4v) is 3.47. The SMILES string of the molecule is O=c1c2cnc3cc(N4CCNCC4)cnc3c2[nH]n1-c1ccccc1. The van der Waals surface area contributed by atoms with Crippen LogP contribution in [-0.2, 0) is 0 Å². The number of anilines is 1. The van der Waals surface area contributed by atoms with Crippen molar-refractivity contribution in [3.8, 4) is 5.69 Å². The van der Waals surface area contributed by atoms with Crippen molar-refractivity contribution in [2.24, 2.45) is 0 Å². The van der Waals surface area contributed by atoms with E-state index in [2.05, 4.69) is 25.3 Å². The number of pyridine rings is 2. The fraction of sp³-hybridized carbons (Fsp3) is 0.211. The van der Waals surface area contributed by atoms with E-state index in [0.717, 1.165) is 48.6 Å². The minimum Gasteiger partial charge on any atom is -0.368 e. The maximum Gasteiger partial charge on any atom is 0.280 e. The molecule has 4 heterocycles. The Bertz CT molecular complexity index is 1140. The van der Waals surface area contributed by atoms with Gasteiger partial charge < -0.3 is 10.2 Å². The molecule has 26 heavy (non-hydrogen) atoms. The van der Waals surface area contributed by atoms with Crippen LogP contribution in [0.2, 0.25) is 0 Å². The van der Waals surface area contributed by atoms with Gasteiger partial charge in [-0.2, -0.15) is 0 Å². The number of para-hydroxylation sites is 1. The molecule has 0 atom stereocenters. The Morgan fingerprint density at radius 2 is 1.77 bits per heavy atom. The highest BCUT2D eigenvalue weighted by molar-refractivity contribution is 6.00. The van der Waals surface area contributed by atoms with E-state index in [1.165, 1.54) is 4.68 Å².